The van der Waals surface area contributed by atoms with E-state index in [1.54, 1.807) is 18.3 Å². The van der Waals surface area contributed by atoms with Crippen molar-refractivity contribution in [3.8, 4) is 11.1 Å². The molecular weight excluding hydrogens is 470 g/mol. The largest absolute Gasteiger partial charge is 0.449 e. The van der Waals surface area contributed by atoms with E-state index >= 15 is 0 Å². The topological polar surface area (TPSA) is 105 Å². The van der Waals surface area contributed by atoms with Gasteiger partial charge in [0.2, 0.25) is 0 Å². The SMILES string of the molecule is CCN(CC)c1ccc2c(C)c(CCOC(=O)NCc3cccc(-c4ccc[nH]c4=O)c3)c(=O)oc2c1. The first-order valence-corrected chi connectivity index (χ1v) is 12.4. The lowest BCUT2D eigenvalue weighted by atomic mass is 10.0. The summed E-state index contributed by atoms with van der Waals surface area (Å²) in [6, 6.07) is 16.8. The Balaban J connectivity index is 1.36. The highest BCUT2D eigenvalue weighted by molar-refractivity contribution is 5.84. The number of nitrogens with zero attached hydrogens (tertiary/aromatic N) is 1. The molecule has 0 unspecified atom stereocenters. The van der Waals surface area contributed by atoms with Gasteiger partial charge in [0, 0.05) is 60.5 Å². The summed E-state index contributed by atoms with van der Waals surface area (Å²) in [7, 11) is 0. The monoisotopic (exact) mass is 501 g/mol. The molecule has 0 fully saturated rings. The summed E-state index contributed by atoms with van der Waals surface area (Å²) in [5.41, 5.74) is 4.43. The van der Waals surface area contributed by atoms with Crippen molar-refractivity contribution in [1.82, 2.24) is 10.3 Å². The molecule has 0 saturated carbocycles. The molecule has 0 saturated heterocycles. The number of alkyl carbamates (subject to hydrolysis) is 1. The van der Waals surface area contributed by atoms with Gasteiger partial charge in [-0.1, -0.05) is 18.2 Å². The maximum Gasteiger partial charge on any atom is 0.407 e. The standard InChI is InChI=1S/C29H31N3O5/c1-4-32(5-2)22-11-12-23-19(3)24(28(34)37-26(23)17-22)13-15-36-29(35)31-18-20-8-6-9-21(16-20)25-10-7-14-30-27(25)33/h6-12,14,16-17H,4-5,13,15,18H2,1-3H3,(H,30,33)(H,31,35). The van der Waals surface area contributed by atoms with Crippen LogP contribution in [0.4, 0.5) is 10.5 Å². The van der Waals surface area contributed by atoms with Crippen LogP contribution in [0.1, 0.15) is 30.5 Å². The van der Waals surface area contributed by atoms with E-state index in [0.717, 1.165) is 40.9 Å². The first kappa shape index (κ1) is 25.8. The van der Waals surface area contributed by atoms with Crippen LogP contribution in [0, 0.1) is 6.92 Å². The molecule has 0 spiro atoms. The van der Waals surface area contributed by atoms with Crippen molar-refractivity contribution in [2.75, 3.05) is 24.6 Å². The molecule has 2 heterocycles. The summed E-state index contributed by atoms with van der Waals surface area (Å²) in [6.45, 7) is 8.05. The van der Waals surface area contributed by atoms with Crippen molar-refractivity contribution in [1.29, 1.82) is 0 Å². The number of aryl methyl sites for hydroxylation is 1. The molecule has 2 aromatic heterocycles. The van der Waals surface area contributed by atoms with Crippen LogP contribution in [0.25, 0.3) is 22.1 Å². The van der Waals surface area contributed by atoms with Gasteiger partial charge in [-0.2, -0.15) is 0 Å². The van der Waals surface area contributed by atoms with Crippen molar-refractivity contribution >= 4 is 22.7 Å². The summed E-state index contributed by atoms with van der Waals surface area (Å²) in [4.78, 5) is 41.8. The van der Waals surface area contributed by atoms with Crippen molar-refractivity contribution < 1.29 is 13.9 Å². The van der Waals surface area contributed by atoms with Gasteiger partial charge in [0.05, 0.1) is 6.61 Å². The van der Waals surface area contributed by atoms with Crippen LogP contribution in [0.15, 0.2) is 74.8 Å². The molecule has 0 aliphatic heterocycles. The maximum atomic E-state index is 12.7. The molecule has 0 bridgehead atoms. The second kappa shape index (κ2) is 11.6. The van der Waals surface area contributed by atoms with Crippen LogP contribution in [0.5, 0.6) is 0 Å². The van der Waals surface area contributed by atoms with Gasteiger partial charge in [-0.15, -0.1) is 0 Å². The van der Waals surface area contributed by atoms with Gasteiger partial charge in [-0.25, -0.2) is 9.59 Å². The highest BCUT2D eigenvalue weighted by atomic mass is 16.5. The smallest absolute Gasteiger partial charge is 0.407 e. The van der Waals surface area contributed by atoms with Gasteiger partial charge in [0.15, 0.2) is 0 Å². The summed E-state index contributed by atoms with van der Waals surface area (Å²) in [5.74, 6) is 0. The molecule has 2 aromatic carbocycles. The van der Waals surface area contributed by atoms with Crippen LogP contribution in [-0.2, 0) is 17.7 Å². The number of hydrogen-bond acceptors (Lipinski definition) is 6. The van der Waals surface area contributed by atoms with Gasteiger partial charge in [0.1, 0.15) is 5.58 Å². The van der Waals surface area contributed by atoms with Crippen LogP contribution in [0.2, 0.25) is 0 Å². The minimum atomic E-state index is -0.588. The van der Waals surface area contributed by atoms with E-state index in [4.69, 9.17) is 9.15 Å². The molecule has 4 aromatic rings. The molecule has 0 radical (unpaired) electrons. The lowest BCUT2D eigenvalue weighted by Crippen LogP contribution is -2.25. The van der Waals surface area contributed by atoms with Gasteiger partial charge >= 0.3 is 11.7 Å². The fourth-order valence-corrected chi connectivity index (χ4v) is 4.43. The number of pyridine rings is 1. The normalized spacial score (nSPS) is 10.9. The summed E-state index contributed by atoms with van der Waals surface area (Å²) in [5, 5.41) is 3.58. The Morgan fingerprint density at radius 1 is 1.05 bits per heavy atom. The number of aromatic amines is 1. The number of hydrogen-bond donors (Lipinski definition) is 2. The number of benzene rings is 2. The second-order valence-electron chi connectivity index (χ2n) is 8.70. The Kier molecular flexibility index (Phi) is 8.08. The van der Waals surface area contributed by atoms with Crippen LogP contribution in [0.3, 0.4) is 0 Å². The molecule has 8 nitrogen and oxygen atoms in total. The minimum Gasteiger partial charge on any atom is -0.449 e. The third-order valence-corrected chi connectivity index (χ3v) is 6.48. The van der Waals surface area contributed by atoms with E-state index in [1.807, 2.05) is 49.4 Å². The Labute approximate surface area is 214 Å². The fourth-order valence-electron chi connectivity index (χ4n) is 4.43. The maximum absolute atomic E-state index is 12.7. The Morgan fingerprint density at radius 3 is 2.62 bits per heavy atom. The number of anilines is 1. The van der Waals surface area contributed by atoms with E-state index in [1.165, 1.54) is 0 Å². The number of rotatable bonds is 9. The third kappa shape index (κ3) is 5.91. The predicted octanol–water partition coefficient (Wildman–Crippen LogP) is 4.77. The van der Waals surface area contributed by atoms with E-state index in [-0.39, 0.29) is 25.1 Å². The summed E-state index contributed by atoms with van der Waals surface area (Å²) >= 11 is 0. The molecule has 1 amide bonds. The van der Waals surface area contributed by atoms with Gasteiger partial charge in [-0.3, -0.25) is 4.79 Å². The van der Waals surface area contributed by atoms with Crippen molar-refractivity contribution in [2.45, 2.75) is 33.7 Å². The molecule has 192 valence electrons. The van der Waals surface area contributed by atoms with E-state index in [0.29, 0.717) is 16.7 Å². The quantitative estimate of drug-likeness (QED) is 0.320. The summed E-state index contributed by atoms with van der Waals surface area (Å²) < 4.78 is 10.9. The predicted molar refractivity (Wildman–Crippen MR) is 145 cm³/mol. The average Bonchev–Trinajstić information content (AvgIpc) is 2.90. The van der Waals surface area contributed by atoms with Crippen LogP contribution in [-0.4, -0.2) is 30.8 Å². The van der Waals surface area contributed by atoms with Gasteiger partial charge < -0.3 is 24.4 Å². The van der Waals surface area contributed by atoms with Crippen LogP contribution < -0.4 is 21.4 Å². The number of carbonyl (C=O) groups is 1. The highest BCUT2D eigenvalue weighted by Crippen LogP contribution is 2.25. The lowest BCUT2D eigenvalue weighted by molar-refractivity contribution is 0.146. The van der Waals surface area contributed by atoms with Gasteiger partial charge in [0.25, 0.3) is 5.56 Å². The molecule has 2 N–H and O–H groups in total. The molecule has 37 heavy (non-hydrogen) atoms. The highest BCUT2D eigenvalue weighted by Gasteiger charge is 2.14. The van der Waals surface area contributed by atoms with E-state index < -0.39 is 11.7 Å². The average molecular weight is 502 g/mol. The number of amides is 1. The molecular formula is C29H31N3O5. The van der Waals surface area contributed by atoms with E-state index in [9.17, 15) is 14.4 Å². The molecule has 0 aliphatic rings. The Morgan fingerprint density at radius 2 is 1.86 bits per heavy atom. The van der Waals surface area contributed by atoms with Crippen molar-refractivity contribution in [2.24, 2.45) is 0 Å². The van der Waals surface area contributed by atoms with Crippen LogP contribution >= 0.6 is 0 Å². The number of H-pyrrole nitrogens is 1. The number of aromatic nitrogens is 1. The Bertz CT molecular complexity index is 1520. The lowest BCUT2D eigenvalue weighted by Gasteiger charge is -2.21. The zero-order chi connectivity index (χ0) is 26.4. The minimum absolute atomic E-state index is 0.0416. The second-order valence-corrected chi connectivity index (χ2v) is 8.70. The Hall–Kier alpha value is -4.33. The molecule has 0 atom stereocenters. The molecule has 0 aliphatic carbocycles. The fraction of sp³-hybridized carbons (Fsp3) is 0.276. The summed E-state index contributed by atoms with van der Waals surface area (Å²) in [6.07, 6.45) is 1.25. The third-order valence-electron chi connectivity index (χ3n) is 6.48. The van der Waals surface area contributed by atoms with Crippen molar-refractivity contribution in [3.63, 3.8) is 0 Å². The van der Waals surface area contributed by atoms with E-state index in [2.05, 4.69) is 29.0 Å². The zero-order valence-corrected chi connectivity index (χ0v) is 21.3. The molecule has 8 heteroatoms. The first-order valence-electron chi connectivity index (χ1n) is 12.4. The number of nitrogens with one attached hydrogen (secondary N) is 2. The van der Waals surface area contributed by atoms with Crippen molar-refractivity contribution in [3.05, 3.63) is 98.3 Å². The number of carbonyl (C=O) groups excluding carboxylic acids is 1. The van der Waals surface area contributed by atoms with Gasteiger partial charge in [-0.05, 0) is 67.8 Å². The first-order chi connectivity index (χ1) is 17.9. The zero-order valence-electron chi connectivity index (χ0n) is 21.3. The number of ether oxygens (including phenoxy) is 1. The number of fused-ring (bicyclic) bond motifs is 1. The molecule has 4 rings (SSSR count).